The number of nitrogens with one attached hydrogen (secondary N) is 3. The number of rotatable bonds is 7. The Morgan fingerprint density at radius 1 is 0.781 bits per heavy atom. The van der Waals surface area contributed by atoms with Gasteiger partial charge in [-0.15, -0.1) is 0 Å². The van der Waals surface area contributed by atoms with Gasteiger partial charge < -0.3 is 16.0 Å². The van der Waals surface area contributed by atoms with Crippen LogP contribution in [0.5, 0.6) is 0 Å². The van der Waals surface area contributed by atoms with Crippen molar-refractivity contribution >= 4 is 40.4 Å². The third-order valence-electron chi connectivity index (χ3n) is 4.32. The quantitative estimate of drug-likeness (QED) is 0.289. The van der Waals surface area contributed by atoms with Gasteiger partial charge in [0, 0.05) is 41.3 Å². The Morgan fingerprint density at radius 2 is 1.53 bits per heavy atom. The van der Waals surface area contributed by atoms with E-state index in [0.29, 0.717) is 23.1 Å². The molecule has 0 radical (unpaired) electrons. The van der Waals surface area contributed by atoms with Crippen LogP contribution in [0, 0.1) is 10.1 Å². The summed E-state index contributed by atoms with van der Waals surface area (Å²) in [6, 6.07) is 19.8. The predicted molar refractivity (Wildman–Crippen MR) is 120 cm³/mol. The molecule has 0 unspecified atom stereocenters. The fourth-order valence-electron chi connectivity index (χ4n) is 2.81. The van der Waals surface area contributed by atoms with Crippen molar-refractivity contribution < 1.29 is 9.72 Å². The van der Waals surface area contributed by atoms with Gasteiger partial charge in [0.05, 0.1) is 4.92 Å². The number of non-ortho nitro benzene ring substituents is 1. The predicted octanol–water partition coefficient (Wildman–Crippen LogP) is 4.52. The molecule has 0 spiro atoms. The van der Waals surface area contributed by atoms with Crippen molar-refractivity contribution in [2.24, 2.45) is 0 Å². The van der Waals surface area contributed by atoms with Crippen LogP contribution in [-0.4, -0.2) is 25.8 Å². The summed E-state index contributed by atoms with van der Waals surface area (Å²) in [5.41, 5.74) is 1.36. The zero-order valence-electron chi connectivity index (χ0n) is 16.6. The fourth-order valence-corrected chi connectivity index (χ4v) is 2.81. The first-order valence-electron chi connectivity index (χ1n) is 9.50. The second-order valence-electron chi connectivity index (χ2n) is 6.59. The summed E-state index contributed by atoms with van der Waals surface area (Å²) >= 11 is 0. The maximum atomic E-state index is 12.4. The van der Waals surface area contributed by atoms with E-state index >= 15 is 0 Å². The molecular weight excluding hydrogens is 410 g/mol. The highest BCUT2D eigenvalue weighted by Crippen LogP contribution is 2.21. The SMILES string of the molecule is O=C(Nc1ccc(Nc2cc(Nc3ccccn3)ncn2)cc1)c1cccc([N+](=O)[O-])c1. The number of hydrogen-bond acceptors (Lipinski definition) is 8. The van der Waals surface area contributed by atoms with Crippen molar-refractivity contribution in [1.82, 2.24) is 15.0 Å². The highest BCUT2D eigenvalue weighted by atomic mass is 16.6. The molecule has 2 aromatic heterocycles. The molecule has 0 bridgehead atoms. The first-order chi connectivity index (χ1) is 15.6. The Bertz CT molecular complexity index is 1250. The number of nitrogens with zero attached hydrogens (tertiary/aromatic N) is 4. The third-order valence-corrected chi connectivity index (χ3v) is 4.32. The van der Waals surface area contributed by atoms with Crippen LogP contribution in [0.15, 0.2) is 85.3 Å². The highest BCUT2D eigenvalue weighted by molar-refractivity contribution is 6.04. The Morgan fingerprint density at radius 3 is 2.25 bits per heavy atom. The van der Waals surface area contributed by atoms with Crippen LogP contribution < -0.4 is 16.0 Å². The van der Waals surface area contributed by atoms with Gasteiger partial charge in [0.25, 0.3) is 11.6 Å². The van der Waals surface area contributed by atoms with Gasteiger partial charge in [-0.05, 0) is 42.5 Å². The van der Waals surface area contributed by atoms with Crippen molar-refractivity contribution in [1.29, 1.82) is 0 Å². The normalized spacial score (nSPS) is 10.2. The van der Waals surface area contributed by atoms with Gasteiger partial charge in [0.2, 0.25) is 0 Å². The highest BCUT2D eigenvalue weighted by Gasteiger charge is 2.11. The van der Waals surface area contributed by atoms with Crippen LogP contribution in [0.25, 0.3) is 0 Å². The molecule has 2 heterocycles. The fraction of sp³-hybridized carbons (Fsp3) is 0. The molecule has 2 aromatic carbocycles. The molecule has 4 aromatic rings. The maximum Gasteiger partial charge on any atom is 0.270 e. The molecule has 0 atom stereocenters. The number of aromatic nitrogens is 3. The first kappa shape index (κ1) is 20.4. The van der Waals surface area contributed by atoms with Crippen LogP contribution in [0.4, 0.5) is 34.5 Å². The number of pyridine rings is 1. The molecule has 10 nitrogen and oxygen atoms in total. The largest absolute Gasteiger partial charge is 0.340 e. The molecular formula is C22H17N7O3. The molecule has 32 heavy (non-hydrogen) atoms. The van der Waals surface area contributed by atoms with Gasteiger partial charge in [-0.1, -0.05) is 12.1 Å². The number of anilines is 5. The summed E-state index contributed by atoms with van der Waals surface area (Å²) < 4.78 is 0. The number of carbonyl (C=O) groups is 1. The van der Waals surface area contributed by atoms with Crippen molar-refractivity contribution in [3.8, 4) is 0 Å². The molecule has 0 saturated heterocycles. The average Bonchev–Trinajstić information content (AvgIpc) is 2.81. The van der Waals surface area contributed by atoms with Gasteiger partial charge >= 0.3 is 0 Å². The minimum absolute atomic E-state index is 0.140. The molecule has 10 heteroatoms. The number of carbonyl (C=O) groups excluding carboxylic acids is 1. The minimum atomic E-state index is -0.540. The zero-order valence-corrected chi connectivity index (χ0v) is 16.6. The lowest BCUT2D eigenvalue weighted by Crippen LogP contribution is -2.12. The van der Waals surface area contributed by atoms with Crippen molar-refractivity contribution in [2.75, 3.05) is 16.0 Å². The maximum absolute atomic E-state index is 12.4. The molecule has 158 valence electrons. The second-order valence-corrected chi connectivity index (χ2v) is 6.59. The van der Waals surface area contributed by atoms with E-state index in [1.54, 1.807) is 36.5 Å². The van der Waals surface area contributed by atoms with E-state index in [-0.39, 0.29) is 11.3 Å². The number of hydrogen-bond donors (Lipinski definition) is 3. The van der Waals surface area contributed by atoms with Crippen molar-refractivity contribution in [2.45, 2.75) is 0 Å². The summed E-state index contributed by atoms with van der Waals surface area (Å²) in [4.78, 5) is 35.3. The summed E-state index contributed by atoms with van der Waals surface area (Å²) in [5.74, 6) is 1.39. The zero-order chi connectivity index (χ0) is 22.3. The van der Waals surface area contributed by atoms with Crippen LogP contribution >= 0.6 is 0 Å². The summed E-state index contributed by atoms with van der Waals surface area (Å²) in [6.07, 6.45) is 3.11. The van der Waals surface area contributed by atoms with E-state index in [9.17, 15) is 14.9 Å². The van der Waals surface area contributed by atoms with E-state index in [1.807, 2.05) is 18.2 Å². The van der Waals surface area contributed by atoms with Gasteiger partial charge in [-0.3, -0.25) is 14.9 Å². The van der Waals surface area contributed by atoms with Crippen molar-refractivity contribution in [3.63, 3.8) is 0 Å². The summed E-state index contributed by atoms with van der Waals surface area (Å²) in [6.45, 7) is 0. The molecule has 0 aliphatic rings. The molecule has 0 aliphatic heterocycles. The minimum Gasteiger partial charge on any atom is -0.340 e. The molecule has 1 amide bonds. The summed E-state index contributed by atoms with van der Waals surface area (Å²) in [5, 5.41) is 19.9. The number of amides is 1. The lowest BCUT2D eigenvalue weighted by Gasteiger charge is -2.10. The number of nitro benzene ring substituents is 1. The molecule has 0 aliphatic carbocycles. The molecule has 4 rings (SSSR count). The standard InChI is InChI=1S/C22H17N7O3/c30-22(15-4-3-5-18(12-15)29(31)32)27-17-9-7-16(8-10-17)26-20-13-21(25-14-24-20)28-19-6-1-2-11-23-19/h1-14H,(H,27,30)(H2,23,24,25,26,28). The monoisotopic (exact) mass is 427 g/mol. The number of benzene rings is 2. The van der Waals surface area contributed by atoms with Gasteiger partial charge in [-0.2, -0.15) is 0 Å². The number of nitro groups is 1. The van der Waals surface area contributed by atoms with Gasteiger partial charge in [0.15, 0.2) is 0 Å². The van der Waals surface area contributed by atoms with E-state index in [2.05, 4.69) is 30.9 Å². The Balaban J connectivity index is 1.40. The van der Waals surface area contributed by atoms with Crippen LogP contribution in [0.2, 0.25) is 0 Å². The van der Waals surface area contributed by atoms with Crippen LogP contribution in [-0.2, 0) is 0 Å². The smallest absolute Gasteiger partial charge is 0.270 e. The van der Waals surface area contributed by atoms with E-state index < -0.39 is 10.8 Å². The Hall–Kier alpha value is -4.86. The van der Waals surface area contributed by atoms with Crippen LogP contribution in [0.1, 0.15) is 10.4 Å². The third kappa shape index (κ3) is 5.19. The van der Waals surface area contributed by atoms with Crippen molar-refractivity contribution in [3.05, 3.63) is 101 Å². The van der Waals surface area contributed by atoms with E-state index in [4.69, 9.17) is 0 Å². The average molecular weight is 427 g/mol. The van der Waals surface area contributed by atoms with Crippen LogP contribution in [0.3, 0.4) is 0 Å². The van der Waals surface area contributed by atoms with Gasteiger partial charge in [-0.25, -0.2) is 15.0 Å². The second kappa shape index (κ2) is 9.30. The van der Waals surface area contributed by atoms with E-state index in [1.165, 1.54) is 30.6 Å². The first-order valence-corrected chi connectivity index (χ1v) is 9.50. The topological polar surface area (TPSA) is 135 Å². The lowest BCUT2D eigenvalue weighted by atomic mass is 10.2. The Kier molecular flexibility index (Phi) is 5.94. The lowest BCUT2D eigenvalue weighted by molar-refractivity contribution is -0.384. The molecule has 3 N–H and O–H groups in total. The Labute approximate surface area is 182 Å². The van der Waals surface area contributed by atoms with Gasteiger partial charge in [0.1, 0.15) is 23.8 Å². The molecule has 0 fully saturated rings. The summed E-state index contributed by atoms with van der Waals surface area (Å²) in [7, 11) is 0. The van der Waals surface area contributed by atoms with E-state index in [0.717, 1.165) is 5.69 Å². The molecule has 0 saturated carbocycles.